The van der Waals surface area contributed by atoms with E-state index in [1.165, 1.54) is 0 Å². The Balaban J connectivity index is 1.57. The van der Waals surface area contributed by atoms with E-state index >= 15 is 0 Å². The maximum Gasteiger partial charge on any atom is 0.265 e. The number of rotatable bonds is 5. The highest BCUT2D eigenvalue weighted by atomic mass is 35.5. The lowest BCUT2D eigenvalue weighted by Crippen LogP contribution is -2.36. The summed E-state index contributed by atoms with van der Waals surface area (Å²) in [5.74, 6) is 0.425. The summed E-state index contributed by atoms with van der Waals surface area (Å²) in [5, 5.41) is 3.56. The zero-order valence-corrected chi connectivity index (χ0v) is 15.8. The molecule has 1 aliphatic heterocycles. The zero-order chi connectivity index (χ0) is 18.5. The van der Waals surface area contributed by atoms with Gasteiger partial charge < -0.3 is 19.7 Å². The molecule has 1 unspecified atom stereocenters. The third kappa shape index (κ3) is 4.68. The molecule has 1 fully saturated rings. The fourth-order valence-corrected chi connectivity index (χ4v) is 2.89. The van der Waals surface area contributed by atoms with Crippen molar-refractivity contribution in [2.45, 2.75) is 20.0 Å². The Morgan fingerprint density at radius 2 is 1.88 bits per heavy atom. The van der Waals surface area contributed by atoms with Gasteiger partial charge in [-0.05, 0) is 61.9 Å². The molecule has 1 heterocycles. The van der Waals surface area contributed by atoms with E-state index < -0.39 is 6.10 Å². The van der Waals surface area contributed by atoms with Crippen LogP contribution in [0.25, 0.3) is 0 Å². The molecule has 1 atom stereocenters. The Morgan fingerprint density at radius 3 is 2.54 bits per heavy atom. The standard InChI is InChI=1S/C20H23ClN2O3/c1-14-13-18(7-8-19(14)21)26-15(2)20(24)22-16-3-5-17(6-4-16)23-9-11-25-12-10-23/h3-8,13,15H,9-12H2,1-2H3,(H,22,24). The molecule has 0 radical (unpaired) electrons. The number of hydrogen-bond donors (Lipinski definition) is 1. The van der Waals surface area contributed by atoms with Crippen molar-refractivity contribution in [3.05, 3.63) is 53.1 Å². The van der Waals surface area contributed by atoms with Crippen LogP contribution in [0.2, 0.25) is 5.02 Å². The maximum atomic E-state index is 12.4. The Bertz CT molecular complexity index is 758. The topological polar surface area (TPSA) is 50.8 Å². The molecule has 0 aromatic heterocycles. The number of halogens is 1. The van der Waals surface area contributed by atoms with Gasteiger partial charge in [-0.2, -0.15) is 0 Å². The number of nitrogens with one attached hydrogen (secondary N) is 1. The summed E-state index contributed by atoms with van der Waals surface area (Å²) in [6.07, 6.45) is -0.616. The van der Waals surface area contributed by atoms with Crippen LogP contribution in [0.15, 0.2) is 42.5 Å². The highest BCUT2D eigenvalue weighted by Gasteiger charge is 2.16. The van der Waals surface area contributed by atoms with Crippen LogP contribution in [0, 0.1) is 6.92 Å². The number of morpholine rings is 1. The van der Waals surface area contributed by atoms with Gasteiger partial charge in [0.15, 0.2) is 6.10 Å². The van der Waals surface area contributed by atoms with Crippen molar-refractivity contribution in [2.75, 3.05) is 36.5 Å². The summed E-state index contributed by atoms with van der Waals surface area (Å²) in [5.41, 5.74) is 2.79. The zero-order valence-electron chi connectivity index (χ0n) is 15.0. The van der Waals surface area contributed by atoms with Gasteiger partial charge in [-0.3, -0.25) is 4.79 Å². The van der Waals surface area contributed by atoms with Crippen LogP contribution in [-0.2, 0) is 9.53 Å². The molecule has 0 bridgehead atoms. The van der Waals surface area contributed by atoms with E-state index in [4.69, 9.17) is 21.1 Å². The molecular formula is C20H23ClN2O3. The molecule has 1 amide bonds. The molecule has 1 aliphatic rings. The summed E-state index contributed by atoms with van der Waals surface area (Å²) in [7, 11) is 0. The fourth-order valence-electron chi connectivity index (χ4n) is 2.77. The van der Waals surface area contributed by atoms with Crippen LogP contribution in [0.3, 0.4) is 0 Å². The highest BCUT2D eigenvalue weighted by Crippen LogP contribution is 2.23. The molecule has 2 aromatic carbocycles. The van der Waals surface area contributed by atoms with Crippen molar-refractivity contribution >= 4 is 28.9 Å². The van der Waals surface area contributed by atoms with E-state index in [2.05, 4.69) is 10.2 Å². The second kappa shape index (κ2) is 8.43. The Hall–Kier alpha value is -2.24. The number of anilines is 2. The first-order valence-electron chi connectivity index (χ1n) is 8.69. The molecule has 26 heavy (non-hydrogen) atoms. The van der Waals surface area contributed by atoms with Crippen molar-refractivity contribution in [3.8, 4) is 5.75 Å². The minimum atomic E-state index is -0.616. The number of ether oxygens (including phenoxy) is 2. The van der Waals surface area contributed by atoms with Crippen LogP contribution in [0.5, 0.6) is 5.75 Å². The first-order chi connectivity index (χ1) is 12.5. The van der Waals surface area contributed by atoms with Crippen LogP contribution in [0.1, 0.15) is 12.5 Å². The summed E-state index contributed by atoms with van der Waals surface area (Å²) < 4.78 is 11.1. The second-order valence-corrected chi connectivity index (χ2v) is 6.71. The SMILES string of the molecule is Cc1cc(OC(C)C(=O)Nc2ccc(N3CCOCC3)cc2)ccc1Cl. The molecule has 138 valence electrons. The lowest BCUT2D eigenvalue weighted by molar-refractivity contribution is -0.122. The van der Waals surface area contributed by atoms with E-state index in [-0.39, 0.29) is 5.91 Å². The first-order valence-corrected chi connectivity index (χ1v) is 9.07. The number of carbonyl (C=O) groups is 1. The van der Waals surface area contributed by atoms with E-state index in [0.717, 1.165) is 43.2 Å². The minimum Gasteiger partial charge on any atom is -0.481 e. The largest absolute Gasteiger partial charge is 0.481 e. The molecule has 0 saturated carbocycles. The summed E-state index contributed by atoms with van der Waals surface area (Å²) in [4.78, 5) is 14.6. The fraction of sp³-hybridized carbons (Fsp3) is 0.350. The predicted molar refractivity (Wildman–Crippen MR) is 104 cm³/mol. The van der Waals surface area contributed by atoms with Gasteiger partial charge in [0.2, 0.25) is 0 Å². The number of carbonyl (C=O) groups excluding carboxylic acids is 1. The van der Waals surface area contributed by atoms with Gasteiger partial charge in [0.1, 0.15) is 5.75 Å². The van der Waals surface area contributed by atoms with Crippen molar-refractivity contribution in [1.82, 2.24) is 0 Å². The molecule has 1 N–H and O–H groups in total. The first kappa shape index (κ1) is 18.5. The van der Waals surface area contributed by atoms with Gasteiger partial charge >= 0.3 is 0 Å². The van der Waals surface area contributed by atoms with Crippen molar-refractivity contribution in [1.29, 1.82) is 0 Å². The van der Waals surface area contributed by atoms with Gasteiger partial charge in [-0.1, -0.05) is 11.6 Å². The third-order valence-corrected chi connectivity index (χ3v) is 4.75. The Morgan fingerprint density at radius 1 is 1.19 bits per heavy atom. The van der Waals surface area contributed by atoms with Crippen LogP contribution < -0.4 is 15.0 Å². The molecule has 2 aromatic rings. The number of nitrogens with zero attached hydrogens (tertiary/aromatic N) is 1. The molecule has 0 aliphatic carbocycles. The van der Waals surface area contributed by atoms with Crippen molar-refractivity contribution < 1.29 is 14.3 Å². The third-order valence-electron chi connectivity index (χ3n) is 4.32. The van der Waals surface area contributed by atoms with Gasteiger partial charge in [-0.15, -0.1) is 0 Å². The molecule has 3 rings (SSSR count). The average molecular weight is 375 g/mol. The van der Waals surface area contributed by atoms with E-state index in [1.54, 1.807) is 19.1 Å². The molecular weight excluding hydrogens is 352 g/mol. The molecule has 6 heteroatoms. The molecule has 1 saturated heterocycles. The van der Waals surface area contributed by atoms with E-state index in [9.17, 15) is 4.79 Å². The lowest BCUT2D eigenvalue weighted by atomic mass is 10.2. The van der Waals surface area contributed by atoms with Crippen LogP contribution >= 0.6 is 11.6 Å². The summed E-state index contributed by atoms with van der Waals surface area (Å²) in [6, 6.07) is 13.2. The van der Waals surface area contributed by atoms with Gasteiger partial charge in [0.05, 0.1) is 13.2 Å². The minimum absolute atomic E-state index is 0.197. The van der Waals surface area contributed by atoms with E-state index in [1.807, 2.05) is 37.3 Å². The Labute approximate surface area is 158 Å². The molecule has 0 spiro atoms. The number of hydrogen-bond acceptors (Lipinski definition) is 4. The highest BCUT2D eigenvalue weighted by molar-refractivity contribution is 6.31. The lowest BCUT2D eigenvalue weighted by Gasteiger charge is -2.29. The summed E-state index contributed by atoms with van der Waals surface area (Å²) >= 11 is 6.01. The maximum absolute atomic E-state index is 12.4. The van der Waals surface area contributed by atoms with Crippen LogP contribution in [-0.4, -0.2) is 38.3 Å². The number of aryl methyl sites for hydroxylation is 1. The normalized spacial score (nSPS) is 15.4. The van der Waals surface area contributed by atoms with Crippen LogP contribution in [0.4, 0.5) is 11.4 Å². The van der Waals surface area contributed by atoms with Crippen molar-refractivity contribution in [2.24, 2.45) is 0 Å². The monoisotopic (exact) mass is 374 g/mol. The summed E-state index contributed by atoms with van der Waals surface area (Å²) in [6.45, 7) is 6.89. The van der Waals surface area contributed by atoms with Gasteiger partial charge in [-0.25, -0.2) is 0 Å². The number of amides is 1. The van der Waals surface area contributed by atoms with E-state index in [0.29, 0.717) is 10.8 Å². The van der Waals surface area contributed by atoms with Gasteiger partial charge in [0, 0.05) is 29.5 Å². The van der Waals surface area contributed by atoms with Crippen molar-refractivity contribution in [3.63, 3.8) is 0 Å². The Kier molecular flexibility index (Phi) is 6.01. The second-order valence-electron chi connectivity index (χ2n) is 6.31. The predicted octanol–water partition coefficient (Wildman–Crippen LogP) is 3.89. The smallest absolute Gasteiger partial charge is 0.265 e. The quantitative estimate of drug-likeness (QED) is 0.862. The molecule has 5 nitrogen and oxygen atoms in total. The van der Waals surface area contributed by atoms with Gasteiger partial charge in [0.25, 0.3) is 5.91 Å². The average Bonchev–Trinajstić information content (AvgIpc) is 2.66. The number of benzene rings is 2.